The van der Waals surface area contributed by atoms with E-state index in [1.54, 1.807) is 44.2 Å². The summed E-state index contributed by atoms with van der Waals surface area (Å²) in [5.74, 6) is -3.77. The highest BCUT2D eigenvalue weighted by Gasteiger charge is 2.42. The summed E-state index contributed by atoms with van der Waals surface area (Å²) in [6.07, 6.45) is 0. The number of halogens is 2. The van der Waals surface area contributed by atoms with Crippen LogP contribution in [0.1, 0.15) is 42.5 Å². The number of non-ortho nitro benzene ring substituents is 1. The number of nitro benzene ring substituents is 1. The average Bonchev–Trinajstić information content (AvgIpc) is 3.06. The molecule has 0 spiro atoms. The molecule has 0 aromatic heterocycles. The van der Waals surface area contributed by atoms with Gasteiger partial charge in [0.1, 0.15) is 24.2 Å². The Balaban J connectivity index is 1.26. The molecule has 2 unspecified atom stereocenters. The molecule has 0 bridgehead atoms. The lowest BCUT2D eigenvalue weighted by Gasteiger charge is -2.39. The normalized spacial score (nSPS) is 19.0. The van der Waals surface area contributed by atoms with Crippen LogP contribution in [-0.2, 0) is 19.1 Å². The highest BCUT2D eigenvalue weighted by Crippen LogP contribution is 2.41. The quantitative estimate of drug-likeness (QED) is 0.163. The first kappa shape index (κ1) is 33.6. The monoisotopic (exact) mass is 646 g/mol. The van der Waals surface area contributed by atoms with Crippen molar-refractivity contribution in [3.05, 3.63) is 123 Å². The molecule has 0 amide bonds. The second-order valence-corrected chi connectivity index (χ2v) is 11.6. The number of ether oxygens (including phenoxy) is 2. The van der Waals surface area contributed by atoms with Gasteiger partial charge >= 0.3 is 11.9 Å². The second-order valence-electron chi connectivity index (χ2n) is 11.6. The van der Waals surface area contributed by atoms with Crippen LogP contribution in [0, 0.1) is 27.7 Å². The molecule has 3 aromatic rings. The molecule has 0 radical (unpaired) electrons. The maximum atomic E-state index is 13.7. The van der Waals surface area contributed by atoms with Crippen molar-refractivity contribution in [2.45, 2.75) is 25.8 Å². The molecule has 3 aromatic carbocycles. The molecule has 2 aliphatic rings. The molecule has 2 heterocycles. The minimum atomic E-state index is -0.962. The molecule has 12 heteroatoms. The van der Waals surface area contributed by atoms with Crippen LogP contribution in [0.4, 0.5) is 14.5 Å². The highest BCUT2D eigenvalue weighted by atomic mass is 19.1. The first-order chi connectivity index (χ1) is 22.6. The molecule has 1 saturated heterocycles. The van der Waals surface area contributed by atoms with Crippen molar-refractivity contribution in [2.24, 2.45) is 10.9 Å². The van der Waals surface area contributed by atoms with Gasteiger partial charge in [0.15, 0.2) is 0 Å². The molecular formula is C35H36F2N4O6. The Morgan fingerprint density at radius 3 is 2.11 bits per heavy atom. The number of hydrogen-bond acceptors (Lipinski definition) is 9. The third-order valence-corrected chi connectivity index (χ3v) is 8.73. The maximum Gasteiger partial charge on any atom is 0.336 e. The van der Waals surface area contributed by atoms with Crippen molar-refractivity contribution in [1.29, 1.82) is 0 Å². The fourth-order valence-corrected chi connectivity index (χ4v) is 6.42. The zero-order valence-corrected chi connectivity index (χ0v) is 26.4. The fourth-order valence-electron chi connectivity index (χ4n) is 6.42. The number of carbonyl (C=O) groups excluding carboxylic acids is 2. The van der Waals surface area contributed by atoms with Crippen molar-refractivity contribution in [1.82, 2.24) is 9.80 Å². The van der Waals surface area contributed by atoms with E-state index < -0.39 is 28.7 Å². The molecule has 2 atom stereocenters. The minimum absolute atomic E-state index is 0.0716. The van der Waals surface area contributed by atoms with Crippen LogP contribution in [0.25, 0.3) is 0 Å². The van der Waals surface area contributed by atoms with E-state index in [0.29, 0.717) is 49.7 Å². The van der Waals surface area contributed by atoms with E-state index in [0.717, 1.165) is 11.1 Å². The lowest BCUT2D eigenvalue weighted by Crippen LogP contribution is -2.48. The first-order valence-corrected chi connectivity index (χ1v) is 15.3. The van der Waals surface area contributed by atoms with E-state index in [4.69, 9.17) is 9.47 Å². The molecule has 246 valence electrons. The van der Waals surface area contributed by atoms with Crippen molar-refractivity contribution >= 4 is 23.3 Å². The van der Waals surface area contributed by atoms with E-state index in [2.05, 4.69) is 14.8 Å². The fraction of sp³-hybridized carbons (Fsp3) is 0.343. The van der Waals surface area contributed by atoms with E-state index in [1.165, 1.54) is 49.6 Å². The number of rotatable bonds is 10. The summed E-state index contributed by atoms with van der Waals surface area (Å²) >= 11 is 0. The Labute approximate surface area is 271 Å². The van der Waals surface area contributed by atoms with E-state index in [1.807, 2.05) is 0 Å². The predicted octanol–water partition coefficient (Wildman–Crippen LogP) is 5.44. The van der Waals surface area contributed by atoms with Gasteiger partial charge in [0, 0.05) is 62.2 Å². The van der Waals surface area contributed by atoms with Gasteiger partial charge in [0.2, 0.25) is 0 Å². The summed E-state index contributed by atoms with van der Waals surface area (Å²) in [6, 6.07) is 18.3. The van der Waals surface area contributed by atoms with Gasteiger partial charge < -0.3 is 9.47 Å². The summed E-state index contributed by atoms with van der Waals surface area (Å²) in [5.41, 5.74) is 2.99. The highest BCUT2D eigenvalue weighted by molar-refractivity contribution is 6.07. The zero-order valence-electron chi connectivity index (χ0n) is 26.4. The van der Waals surface area contributed by atoms with Gasteiger partial charge in [-0.3, -0.25) is 29.7 Å². The number of methoxy groups -OCH3 is 1. The number of allylic oxidation sites excluding steroid dienone is 1. The summed E-state index contributed by atoms with van der Waals surface area (Å²) in [4.78, 5) is 46.4. The minimum Gasteiger partial charge on any atom is -0.468 e. The van der Waals surface area contributed by atoms with Crippen LogP contribution in [0.5, 0.6) is 0 Å². The van der Waals surface area contributed by atoms with Crippen LogP contribution < -0.4 is 0 Å². The summed E-state index contributed by atoms with van der Waals surface area (Å²) < 4.78 is 38.2. The lowest BCUT2D eigenvalue weighted by atomic mass is 9.75. The molecule has 5 rings (SSSR count). The number of benzene rings is 3. The average molecular weight is 647 g/mol. The summed E-state index contributed by atoms with van der Waals surface area (Å²) in [7, 11) is 1.24. The Bertz CT molecular complexity index is 1640. The largest absolute Gasteiger partial charge is 0.468 e. The van der Waals surface area contributed by atoms with Crippen LogP contribution >= 0.6 is 0 Å². The number of hydrogen-bond donors (Lipinski definition) is 0. The molecule has 10 nitrogen and oxygen atoms in total. The summed E-state index contributed by atoms with van der Waals surface area (Å²) in [6.45, 7) is 6.51. The van der Waals surface area contributed by atoms with Crippen LogP contribution in [-0.4, -0.2) is 78.8 Å². The number of carbonyl (C=O) groups is 2. The number of nitro groups is 1. The van der Waals surface area contributed by atoms with Gasteiger partial charge in [-0.15, -0.1) is 0 Å². The van der Waals surface area contributed by atoms with Gasteiger partial charge in [-0.25, -0.2) is 13.6 Å². The second kappa shape index (κ2) is 14.7. The smallest absolute Gasteiger partial charge is 0.336 e. The molecule has 0 saturated carbocycles. The Hall–Kier alpha value is -4.81. The predicted molar refractivity (Wildman–Crippen MR) is 171 cm³/mol. The van der Waals surface area contributed by atoms with Crippen molar-refractivity contribution in [3.8, 4) is 0 Å². The summed E-state index contributed by atoms with van der Waals surface area (Å²) in [5, 5.41) is 11.5. The van der Waals surface area contributed by atoms with Gasteiger partial charge in [-0.2, -0.15) is 0 Å². The van der Waals surface area contributed by atoms with Crippen LogP contribution in [0.15, 0.2) is 89.1 Å². The van der Waals surface area contributed by atoms with Crippen LogP contribution in [0.2, 0.25) is 0 Å². The number of piperazine rings is 1. The lowest BCUT2D eigenvalue weighted by molar-refractivity contribution is -0.384. The number of esters is 2. The molecule has 47 heavy (non-hydrogen) atoms. The Morgan fingerprint density at radius 2 is 1.55 bits per heavy atom. The van der Waals surface area contributed by atoms with E-state index >= 15 is 0 Å². The van der Waals surface area contributed by atoms with Crippen molar-refractivity contribution < 1.29 is 32.8 Å². The molecule has 2 aliphatic heterocycles. The van der Waals surface area contributed by atoms with Gasteiger partial charge in [0.25, 0.3) is 5.69 Å². The van der Waals surface area contributed by atoms with E-state index in [9.17, 15) is 28.5 Å². The van der Waals surface area contributed by atoms with Gasteiger partial charge in [0.05, 0.1) is 23.6 Å². The van der Waals surface area contributed by atoms with Gasteiger partial charge in [-0.05, 0) is 54.8 Å². The standard InChI is InChI=1S/C35H36F2N4O6/c1-22-30(34(42)46-3)32(26-5-4-6-29(21-26)41(44)45)31(23(2)38-22)35(43)47-20-19-39-15-17-40(18-16-39)33(24-7-11-27(36)12-8-24)25-9-13-28(37)14-10-25/h4-14,21,30,32-33H,15-20H2,1-3H3. The molecule has 0 N–H and O–H groups in total. The van der Waals surface area contributed by atoms with Crippen molar-refractivity contribution in [3.63, 3.8) is 0 Å². The molecule has 0 aliphatic carbocycles. The number of aliphatic imine (C=N–C) groups is 1. The first-order valence-electron chi connectivity index (χ1n) is 15.3. The SMILES string of the molecule is COC(=O)C1C(C)=NC(C)=C(C(=O)OCCN2CCN(C(c3ccc(F)cc3)c3ccc(F)cc3)CC2)C1c1cccc([N+](=O)[O-])c1. The zero-order chi connectivity index (χ0) is 33.7. The van der Waals surface area contributed by atoms with Gasteiger partial charge in [-0.1, -0.05) is 36.4 Å². The third-order valence-electron chi connectivity index (χ3n) is 8.73. The molecule has 1 fully saturated rings. The molecular weight excluding hydrogens is 610 g/mol. The van der Waals surface area contributed by atoms with Crippen molar-refractivity contribution in [2.75, 3.05) is 46.4 Å². The van der Waals surface area contributed by atoms with Crippen LogP contribution in [0.3, 0.4) is 0 Å². The maximum absolute atomic E-state index is 13.7. The number of nitrogens with zero attached hydrogens (tertiary/aromatic N) is 4. The third kappa shape index (κ3) is 7.61. The Kier molecular flexibility index (Phi) is 10.5. The topological polar surface area (TPSA) is 115 Å². The Morgan fingerprint density at radius 1 is 0.957 bits per heavy atom. The van der Waals surface area contributed by atoms with E-state index in [-0.39, 0.29) is 35.5 Å².